The molecule has 1 heterocycles. The fraction of sp³-hybridized carbons (Fsp3) is 0.0476. The van der Waals surface area contributed by atoms with Crippen LogP contribution in [0.1, 0.15) is 0 Å². The van der Waals surface area contributed by atoms with Gasteiger partial charge in [-0.05, 0) is 35.0 Å². The summed E-state index contributed by atoms with van der Waals surface area (Å²) in [4.78, 5) is 17.8. The van der Waals surface area contributed by atoms with E-state index in [1.54, 1.807) is 6.20 Å². The number of hydrogen-bond donors (Lipinski definition) is 1. The van der Waals surface area contributed by atoms with E-state index in [-0.39, 0.29) is 5.91 Å². The molecule has 0 spiro atoms. The van der Waals surface area contributed by atoms with Gasteiger partial charge in [0.15, 0.2) is 0 Å². The minimum Gasteiger partial charge on any atom is -0.323 e. The molecule has 0 atom stereocenters. The SMILES string of the molecule is O=C(CSc1ccc2ccccc2c1)Nc1cccc2cccnc12. The van der Waals surface area contributed by atoms with Crippen molar-refractivity contribution in [1.82, 2.24) is 4.98 Å². The Morgan fingerprint density at radius 2 is 1.68 bits per heavy atom. The normalized spacial score (nSPS) is 10.9. The van der Waals surface area contributed by atoms with Gasteiger partial charge in [0.05, 0.1) is 17.0 Å². The molecule has 3 nitrogen and oxygen atoms in total. The van der Waals surface area contributed by atoms with E-state index in [0.29, 0.717) is 5.75 Å². The topological polar surface area (TPSA) is 42.0 Å². The highest BCUT2D eigenvalue weighted by molar-refractivity contribution is 8.00. The second kappa shape index (κ2) is 6.95. The zero-order valence-corrected chi connectivity index (χ0v) is 14.3. The molecule has 4 aromatic rings. The van der Waals surface area contributed by atoms with Crippen LogP contribution in [0.25, 0.3) is 21.7 Å². The van der Waals surface area contributed by atoms with Gasteiger partial charge < -0.3 is 5.32 Å². The summed E-state index contributed by atoms with van der Waals surface area (Å²) in [6.45, 7) is 0. The lowest BCUT2D eigenvalue weighted by Gasteiger charge is -2.08. The lowest BCUT2D eigenvalue weighted by Crippen LogP contribution is -2.14. The summed E-state index contributed by atoms with van der Waals surface area (Å²) < 4.78 is 0. The molecule has 1 aromatic heterocycles. The number of benzene rings is 3. The molecule has 0 aliphatic carbocycles. The van der Waals surface area contributed by atoms with Gasteiger partial charge in [0.25, 0.3) is 0 Å². The first-order valence-electron chi connectivity index (χ1n) is 8.05. The number of amides is 1. The van der Waals surface area contributed by atoms with Gasteiger partial charge in [-0.1, -0.05) is 48.5 Å². The number of thioether (sulfide) groups is 1. The fourth-order valence-corrected chi connectivity index (χ4v) is 3.54. The first-order chi connectivity index (χ1) is 12.3. The van der Waals surface area contributed by atoms with Crippen molar-refractivity contribution >= 4 is 45.0 Å². The number of hydrogen-bond acceptors (Lipinski definition) is 3. The molecule has 1 N–H and O–H groups in total. The van der Waals surface area contributed by atoms with E-state index in [1.807, 2.05) is 42.5 Å². The number of nitrogens with one attached hydrogen (secondary N) is 1. The third-order valence-electron chi connectivity index (χ3n) is 4.00. The van der Waals surface area contributed by atoms with Crippen molar-refractivity contribution in [2.45, 2.75) is 4.90 Å². The summed E-state index contributed by atoms with van der Waals surface area (Å²) in [6.07, 6.45) is 1.74. The lowest BCUT2D eigenvalue weighted by molar-refractivity contribution is -0.113. The van der Waals surface area contributed by atoms with Crippen LogP contribution in [0, 0.1) is 0 Å². The van der Waals surface area contributed by atoms with Gasteiger partial charge in [-0.2, -0.15) is 0 Å². The van der Waals surface area contributed by atoms with Crippen molar-refractivity contribution < 1.29 is 4.79 Å². The summed E-state index contributed by atoms with van der Waals surface area (Å²) in [6, 6.07) is 24.2. The fourth-order valence-electron chi connectivity index (χ4n) is 2.80. The first kappa shape index (κ1) is 15.7. The average Bonchev–Trinajstić information content (AvgIpc) is 2.66. The van der Waals surface area contributed by atoms with Crippen molar-refractivity contribution in [3.8, 4) is 0 Å². The van der Waals surface area contributed by atoms with Gasteiger partial charge in [-0.3, -0.25) is 9.78 Å². The van der Waals surface area contributed by atoms with Crippen molar-refractivity contribution in [3.05, 3.63) is 79.0 Å². The van der Waals surface area contributed by atoms with Crippen LogP contribution in [-0.2, 0) is 4.79 Å². The quantitative estimate of drug-likeness (QED) is 0.523. The highest BCUT2D eigenvalue weighted by atomic mass is 32.2. The Bertz CT molecular complexity index is 1060. The van der Waals surface area contributed by atoms with Gasteiger partial charge >= 0.3 is 0 Å². The Kier molecular flexibility index (Phi) is 4.36. The van der Waals surface area contributed by atoms with Crippen LogP contribution >= 0.6 is 11.8 Å². The molecule has 0 aliphatic rings. The number of fused-ring (bicyclic) bond motifs is 2. The third-order valence-corrected chi connectivity index (χ3v) is 4.99. The van der Waals surface area contributed by atoms with Gasteiger partial charge in [-0.25, -0.2) is 0 Å². The molecule has 0 fully saturated rings. The minimum atomic E-state index is -0.0312. The summed E-state index contributed by atoms with van der Waals surface area (Å²) in [5.41, 5.74) is 1.57. The number of para-hydroxylation sites is 1. The number of rotatable bonds is 4. The maximum Gasteiger partial charge on any atom is 0.234 e. The Balaban J connectivity index is 1.46. The predicted octanol–water partition coefficient (Wildman–Crippen LogP) is 5.12. The molecule has 25 heavy (non-hydrogen) atoms. The smallest absolute Gasteiger partial charge is 0.234 e. The van der Waals surface area contributed by atoms with E-state index < -0.39 is 0 Å². The molecule has 0 saturated heterocycles. The van der Waals surface area contributed by atoms with Crippen molar-refractivity contribution in [2.24, 2.45) is 0 Å². The van der Waals surface area contributed by atoms with Crippen LogP contribution < -0.4 is 5.32 Å². The Hall–Kier alpha value is -2.85. The second-order valence-electron chi connectivity index (χ2n) is 5.73. The van der Waals surface area contributed by atoms with Crippen LogP contribution in [0.3, 0.4) is 0 Å². The average molecular weight is 344 g/mol. The monoisotopic (exact) mass is 344 g/mol. The van der Waals surface area contributed by atoms with Gasteiger partial charge in [-0.15, -0.1) is 11.8 Å². The molecule has 0 aliphatic heterocycles. The van der Waals surface area contributed by atoms with E-state index >= 15 is 0 Å². The number of aromatic nitrogens is 1. The maximum atomic E-state index is 12.3. The number of anilines is 1. The molecule has 0 saturated carbocycles. The number of carbonyl (C=O) groups is 1. The van der Waals surface area contributed by atoms with Crippen LogP contribution in [0.2, 0.25) is 0 Å². The van der Waals surface area contributed by atoms with Crippen LogP contribution in [0.15, 0.2) is 83.9 Å². The van der Waals surface area contributed by atoms with Crippen molar-refractivity contribution in [3.63, 3.8) is 0 Å². The molecule has 4 heteroatoms. The van der Waals surface area contributed by atoms with Crippen LogP contribution in [0.5, 0.6) is 0 Å². The summed E-state index contributed by atoms with van der Waals surface area (Å²) in [5, 5.41) is 6.38. The Morgan fingerprint density at radius 3 is 2.60 bits per heavy atom. The van der Waals surface area contributed by atoms with Gasteiger partial charge in [0, 0.05) is 16.5 Å². The summed E-state index contributed by atoms with van der Waals surface area (Å²) >= 11 is 1.54. The molecule has 122 valence electrons. The summed E-state index contributed by atoms with van der Waals surface area (Å²) in [7, 11) is 0. The lowest BCUT2D eigenvalue weighted by atomic mass is 10.1. The molecule has 4 rings (SSSR count). The van der Waals surface area contributed by atoms with Gasteiger partial charge in [0.2, 0.25) is 5.91 Å². The van der Waals surface area contributed by atoms with E-state index in [1.165, 1.54) is 22.5 Å². The minimum absolute atomic E-state index is 0.0312. The van der Waals surface area contributed by atoms with Crippen molar-refractivity contribution in [1.29, 1.82) is 0 Å². The highest BCUT2D eigenvalue weighted by Gasteiger charge is 2.07. The molecule has 1 amide bonds. The van der Waals surface area contributed by atoms with Crippen molar-refractivity contribution in [2.75, 3.05) is 11.1 Å². The Labute approximate surface area is 150 Å². The molecule has 0 radical (unpaired) electrons. The zero-order valence-electron chi connectivity index (χ0n) is 13.5. The zero-order chi connectivity index (χ0) is 17.1. The molecule has 0 unspecified atom stereocenters. The van der Waals surface area contributed by atoms with E-state index in [9.17, 15) is 4.79 Å². The molecule has 3 aromatic carbocycles. The summed E-state index contributed by atoms with van der Waals surface area (Å²) in [5.74, 6) is 0.331. The predicted molar refractivity (Wildman–Crippen MR) is 105 cm³/mol. The Morgan fingerprint density at radius 1 is 0.880 bits per heavy atom. The number of carbonyl (C=O) groups excluding carboxylic acids is 1. The van der Waals surface area contributed by atoms with E-state index in [0.717, 1.165) is 21.5 Å². The van der Waals surface area contributed by atoms with Crippen LogP contribution in [-0.4, -0.2) is 16.6 Å². The number of nitrogens with zero attached hydrogens (tertiary/aromatic N) is 1. The standard InChI is InChI=1S/C21H16N2OS/c24-20(23-19-9-3-7-16-8-4-12-22-21(16)19)14-25-18-11-10-15-5-1-2-6-17(15)13-18/h1-13H,14H2,(H,23,24). The second-order valence-corrected chi connectivity index (χ2v) is 6.78. The molecule has 0 bridgehead atoms. The third kappa shape index (κ3) is 3.49. The molecular weight excluding hydrogens is 328 g/mol. The highest BCUT2D eigenvalue weighted by Crippen LogP contribution is 2.25. The van der Waals surface area contributed by atoms with E-state index in [4.69, 9.17) is 0 Å². The maximum absolute atomic E-state index is 12.3. The number of pyridine rings is 1. The van der Waals surface area contributed by atoms with Crippen LogP contribution in [0.4, 0.5) is 5.69 Å². The van der Waals surface area contributed by atoms with E-state index in [2.05, 4.69) is 40.6 Å². The van der Waals surface area contributed by atoms with Gasteiger partial charge in [0.1, 0.15) is 0 Å². The first-order valence-corrected chi connectivity index (χ1v) is 9.03. The largest absolute Gasteiger partial charge is 0.323 e. The molecular formula is C21H16N2OS.